The Bertz CT molecular complexity index is 1130. The lowest BCUT2D eigenvalue weighted by Gasteiger charge is -2.41. The first-order valence-electron chi connectivity index (χ1n) is 10.8. The van der Waals surface area contributed by atoms with Gasteiger partial charge in [0.1, 0.15) is 11.5 Å². The molecule has 1 atom stereocenters. The first-order valence-corrected chi connectivity index (χ1v) is 10.8. The molecule has 162 valence electrons. The minimum absolute atomic E-state index is 0.114. The Balaban J connectivity index is 1.63. The highest BCUT2D eigenvalue weighted by molar-refractivity contribution is 5.91. The number of hydrogen-bond acceptors (Lipinski definition) is 7. The fourth-order valence-electron chi connectivity index (χ4n) is 4.75. The number of nitrogens with zero attached hydrogens (tertiary/aromatic N) is 9. The molecule has 3 aromatic heterocycles. The van der Waals surface area contributed by atoms with Crippen LogP contribution in [0.1, 0.15) is 67.2 Å². The highest BCUT2D eigenvalue weighted by atomic mass is 16.2. The molecule has 0 saturated heterocycles. The fourth-order valence-corrected chi connectivity index (χ4v) is 4.75. The molecule has 0 spiro atoms. The molecule has 0 radical (unpaired) electrons. The van der Waals surface area contributed by atoms with Crippen LogP contribution in [0.2, 0.25) is 0 Å². The molecule has 1 aliphatic heterocycles. The maximum Gasteiger partial charge on any atom is 0.273 e. The monoisotopic (exact) mass is 421 g/mol. The molecule has 0 aromatic carbocycles. The van der Waals surface area contributed by atoms with Crippen LogP contribution in [-0.2, 0) is 0 Å². The molecule has 10 heteroatoms. The summed E-state index contributed by atoms with van der Waals surface area (Å²) in [4.78, 5) is 25.7. The van der Waals surface area contributed by atoms with Crippen LogP contribution in [0.3, 0.4) is 0 Å². The van der Waals surface area contributed by atoms with E-state index < -0.39 is 0 Å². The number of rotatable bonds is 4. The molecule has 1 amide bonds. The normalized spacial score (nSPS) is 18.2. The van der Waals surface area contributed by atoms with Crippen molar-refractivity contribution >= 4 is 11.7 Å². The lowest BCUT2D eigenvalue weighted by molar-refractivity contribution is 0.0821. The van der Waals surface area contributed by atoms with Crippen LogP contribution in [0.4, 0.5) is 5.82 Å². The molecule has 1 fully saturated rings. The van der Waals surface area contributed by atoms with Crippen molar-refractivity contribution in [2.75, 3.05) is 19.0 Å². The summed E-state index contributed by atoms with van der Waals surface area (Å²) < 4.78 is 3.64. The Morgan fingerprint density at radius 1 is 1.23 bits per heavy atom. The van der Waals surface area contributed by atoms with Crippen molar-refractivity contribution in [1.29, 1.82) is 0 Å². The van der Waals surface area contributed by atoms with Gasteiger partial charge in [0, 0.05) is 26.3 Å². The third-order valence-electron chi connectivity index (χ3n) is 6.23. The maximum absolute atomic E-state index is 12.3. The molecule has 3 aromatic rings. The lowest BCUT2D eigenvalue weighted by Crippen LogP contribution is -2.42. The van der Waals surface area contributed by atoms with E-state index in [4.69, 9.17) is 4.98 Å². The van der Waals surface area contributed by atoms with E-state index in [9.17, 15) is 4.79 Å². The Hall–Kier alpha value is -3.30. The standard InChI is InChI=1S/C21H27N9O/c1-5-16-19-25-24-13(2)29(19)17-12-22-21(23-18(17)30(16)14-8-6-7-9-14)28-11-10-15(26-28)20(31)27(3)4/h10-12,14,16H,5-9H2,1-4H3. The second-order valence-corrected chi connectivity index (χ2v) is 8.43. The predicted molar refractivity (Wildman–Crippen MR) is 115 cm³/mol. The SMILES string of the molecule is CCC1c2nnc(C)n2-c2cnc(-n3ccc(C(=O)N(C)C)n3)nc2N1C1CCCC1. The van der Waals surface area contributed by atoms with Crippen molar-refractivity contribution in [2.45, 2.75) is 58.0 Å². The van der Waals surface area contributed by atoms with Gasteiger partial charge in [-0.2, -0.15) is 10.1 Å². The molecule has 5 rings (SSSR count). The van der Waals surface area contributed by atoms with Gasteiger partial charge in [-0.25, -0.2) is 9.67 Å². The predicted octanol–water partition coefficient (Wildman–Crippen LogP) is 2.47. The molecule has 10 nitrogen and oxygen atoms in total. The van der Waals surface area contributed by atoms with E-state index in [2.05, 4.69) is 36.7 Å². The summed E-state index contributed by atoms with van der Waals surface area (Å²) in [5.41, 5.74) is 1.26. The van der Waals surface area contributed by atoms with Crippen LogP contribution < -0.4 is 4.90 Å². The average molecular weight is 422 g/mol. The molecule has 1 unspecified atom stereocenters. The molecule has 2 aliphatic rings. The summed E-state index contributed by atoms with van der Waals surface area (Å²) in [6, 6.07) is 2.22. The van der Waals surface area contributed by atoms with E-state index in [1.165, 1.54) is 17.7 Å². The largest absolute Gasteiger partial charge is 0.343 e. The molecule has 0 N–H and O–H groups in total. The van der Waals surface area contributed by atoms with Crippen molar-refractivity contribution in [2.24, 2.45) is 0 Å². The molecule has 31 heavy (non-hydrogen) atoms. The Morgan fingerprint density at radius 3 is 2.71 bits per heavy atom. The summed E-state index contributed by atoms with van der Waals surface area (Å²) in [6.45, 7) is 4.14. The zero-order valence-corrected chi connectivity index (χ0v) is 18.4. The molecular formula is C21H27N9O. The number of aromatic nitrogens is 7. The van der Waals surface area contributed by atoms with E-state index in [1.54, 1.807) is 31.0 Å². The first-order chi connectivity index (χ1) is 15.0. The third-order valence-corrected chi connectivity index (χ3v) is 6.23. The summed E-state index contributed by atoms with van der Waals surface area (Å²) in [5.74, 6) is 2.96. The van der Waals surface area contributed by atoms with Gasteiger partial charge in [-0.3, -0.25) is 9.36 Å². The molecule has 1 saturated carbocycles. The Labute approximate surface area is 180 Å². The zero-order chi connectivity index (χ0) is 21.7. The molecule has 1 aliphatic carbocycles. The van der Waals surface area contributed by atoms with Gasteiger partial charge < -0.3 is 9.80 Å². The van der Waals surface area contributed by atoms with Gasteiger partial charge >= 0.3 is 0 Å². The Kier molecular flexibility index (Phi) is 4.71. The minimum Gasteiger partial charge on any atom is -0.343 e. The second-order valence-electron chi connectivity index (χ2n) is 8.43. The molecular weight excluding hydrogens is 394 g/mol. The van der Waals surface area contributed by atoms with Crippen LogP contribution in [0.5, 0.6) is 0 Å². The molecule has 0 bridgehead atoms. The van der Waals surface area contributed by atoms with E-state index in [-0.39, 0.29) is 11.9 Å². The van der Waals surface area contributed by atoms with Gasteiger partial charge in [-0.15, -0.1) is 10.2 Å². The third kappa shape index (κ3) is 3.08. The van der Waals surface area contributed by atoms with E-state index in [0.29, 0.717) is 17.7 Å². The van der Waals surface area contributed by atoms with Gasteiger partial charge in [0.15, 0.2) is 17.3 Å². The number of hydrogen-bond donors (Lipinski definition) is 0. The second kappa shape index (κ2) is 7.44. The van der Waals surface area contributed by atoms with Gasteiger partial charge in [0.05, 0.1) is 12.2 Å². The van der Waals surface area contributed by atoms with Crippen LogP contribution >= 0.6 is 0 Å². The van der Waals surface area contributed by atoms with Gasteiger partial charge in [-0.1, -0.05) is 19.8 Å². The smallest absolute Gasteiger partial charge is 0.273 e. The number of fused-ring (bicyclic) bond motifs is 3. The number of anilines is 1. The van der Waals surface area contributed by atoms with E-state index >= 15 is 0 Å². The van der Waals surface area contributed by atoms with Crippen LogP contribution in [0.25, 0.3) is 11.6 Å². The minimum atomic E-state index is -0.153. The van der Waals surface area contributed by atoms with Crippen molar-refractivity contribution < 1.29 is 4.79 Å². The van der Waals surface area contributed by atoms with Crippen LogP contribution in [0.15, 0.2) is 18.5 Å². The number of carbonyl (C=O) groups is 1. The highest BCUT2D eigenvalue weighted by Crippen LogP contribution is 2.43. The maximum atomic E-state index is 12.3. The lowest BCUT2D eigenvalue weighted by atomic mass is 10.0. The van der Waals surface area contributed by atoms with Gasteiger partial charge in [0.2, 0.25) is 0 Å². The summed E-state index contributed by atoms with van der Waals surface area (Å²) in [5, 5.41) is 13.3. The molecule has 4 heterocycles. The number of amides is 1. The van der Waals surface area contributed by atoms with Gasteiger partial charge in [-0.05, 0) is 32.3 Å². The summed E-state index contributed by atoms with van der Waals surface area (Å²) >= 11 is 0. The zero-order valence-electron chi connectivity index (χ0n) is 18.4. The fraction of sp³-hybridized carbons (Fsp3) is 0.524. The van der Waals surface area contributed by atoms with Crippen molar-refractivity contribution in [3.63, 3.8) is 0 Å². The number of aryl methyl sites for hydroxylation is 1. The van der Waals surface area contributed by atoms with E-state index in [0.717, 1.165) is 42.4 Å². The summed E-state index contributed by atoms with van der Waals surface area (Å²) in [6.07, 6.45) is 9.21. The van der Waals surface area contributed by atoms with Crippen molar-refractivity contribution in [1.82, 2.24) is 39.4 Å². The first kappa shape index (κ1) is 19.7. The van der Waals surface area contributed by atoms with Crippen molar-refractivity contribution in [3.8, 4) is 11.6 Å². The summed E-state index contributed by atoms with van der Waals surface area (Å²) in [7, 11) is 3.42. The Morgan fingerprint density at radius 2 is 2.00 bits per heavy atom. The highest BCUT2D eigenvalue weighted by Gasteiger charge is 2.39. The van der Waals surface area contributed by atoms with Crippen molar-refractivity contribution in [3.05, 3.63) is 35.8 Å². The van der Waals surface area contributed by atoms with E-state index in [1.807, 2.05) is 13.1 Å². The topological polar surface area (TPSA) is 97.9 Å². The van der Waals surface area contributed by atoms with Gasteiger partial charge in [0.25, 0.3) is 11.9 Å². The average Bonchev–Trinajstić information content (AvgIpc) is 3.53. The quantitative estimate of drug-likeness (QED) is 0.638. The number of carbonyl (C=O) groups excluding carboxylic acids is 1. The van der Waals surface area contributed by atoms with Crippen LogP contribution in [0, 0.1) is 6.92 Å². The van der Waals surface area contributed by atoms with Crippen LogP contribution in [-0.4, -0.2) is 65.5 Å².